The molecule has 0 aromatic carbocycles. The topological polar surface area (TPSA) is 102 Å². The van der Waals surface area contributed by atoms with Gasteiger partial charge in [-0.15, -0.1) is 12.4 Å². The normalized spacial score (nSPS) is 17.2. The van der Waals surface area contributed by atoms with E-state index >= 15 is 0 Å². The fourth-order valence-electron chi connectivity index (χ4n) is 2.55. The van der Waals surface area contributed by atoms with Gasteiger partial charge in [0, 0.05) is 47.7 Å². The Morgan fingerprint density at radius 3 is 2.93 bits per heavy atom. The average molecular weight is 435 g/mol. The van der Waals surface area contributed by atoms with E-state index in [0.717, 1.165) is 42.2 Å². The summed E-state index contributed by atoms with van der Waals surface area (Å²) in [5.41, 5.74) is 7.44. The molecule has 27 heavy (non-hydrogen) atoms. The van der Waals surface area contributed by atoms with Gasteiger partial charge in [0.1, 0.15) is 11.6 Å². The zero-order valence-corrected chi connectivity index (χ0v) is 18.0. The molecule has 0 aliphatic carbocycles. The number of aryl methyl sites for hydroxylation is 1. The number of aromatic nitrogens is 2. The van der Waals surface area contributed by atoms with Crippen molar-refractivity contribution in [3.05, 3.63) is 28.2 Å². The van der Waals surface area contributed by atoms with Crippen molar-refractivity contribution in [3.63, 3.8) is 0 Å². The van der Waals surface area contributed by atoms with Crippen LogP contribution >= 0.6 is 34.0 Å². The quantitative estimate of drug-likeness (QED) is 0.428. The zero-order valence-electron chi connectivity index (χ0n) is 15.6. The van der Waals surface area contributed by atoms with Crippen LogP contribution in [-0.2, 0) is 16.1 Å². The van der Waals surface area contributed by atoms with Crippen molar-refractivity contribution in [2.24, 2.45) is 0 Å². The Balaban J connectivity index is 0.00000364. The van der Waals surface area contributed by atoms with Gasteiger partial charge >= 0.3 is 0 Å². The molecular formula is C17H27ClN4O3S2. The predicted molar refractivity (Wildman–Crippen MR) is 113 cm³/mol. The van der Waals surface area contributed by atoms with E-state index in [-0.39, 0.29) is 19.0 Å². The number of nitrogen functional groups attached to an aromatic ring is 1. The van der Waals surface area contributed by atoms with Gasteiger partial charge in [0.25, 0.3) is 0 Å². The molecule has 1 aliphatic rings. The minimum absolute atomic E-state index is 0. The number of hydrogen-bond donors (Lipinski definition) is 2. The van der Waals surface area contributed by atoms with E-state index in [4.69, 9.17) is 10.5 Å². The highest BCUT2D eigenvalue weighted by Crippen LogP contribution is 2.37. The summed E-state index contributed by atoms with van der Waals surface area (Å²) < 4.78 is 5.63. The maximum atomic E-state index is 11.6. The lowest BCUT2D eigenvalue weighted by Gasteiger charge is -2.22. The van der Waals surface area contributed by atoms with Gasteiger partial charge in [-0.3, -0.25) is 4.79 Å². The molecule has 7 nitrogen and oxygen atoms in total. The third kappa shape index (κ3) is 7.50. The van der Waals surface area contributed by atoms with Crippen LogP contribution in [0.4, 0.5) is 5.82 Å². The Morgan fingerprint density at radius 1 is 1.56 bits per heavy atom. The highest BCUT2D eigenvalue weighted by molar-refractivity contribution is 8.78. The molecule has 2 rings (SSSR count). The van der Waals surface area contributed by atoms with Crippen molar-refractivity contribution >= 4 is 46.2 Å². The molecule has 1 aliphatic heterocycles. The van der Waals surface area contributed by atoms with E-state index < -0.39 is 0 Å². The Labute approximate surface area is 174 Å². The van der Waals surface area contributed by atoms with Gasteiger partial charge in [-0.25, -0.2) is 9.97 Å². The molecule has 1 fully saturated rings. The number of nitrogens with zero attached hydrogens (tertiary/aromatic N) is 3. The van der Waals surface area contributed by atoms with Crippen molar-refractivity contribution in [2.45, 2.75) is 45.8 Å². The van der Waals surface area contributed by atoms with Crippen LogP contribution in [0.1, 0.15) is 37.6 Å². The Hall–Kier alpha value is -1.00. The van der Waals surface area contributed by atoms with Gasteiger partial charge in [0.2, 0.25) is 6.41 Å². The lowest BCUT2D eigenvalue weighted by Crippen LogP contribution is -2.22. The van der Waals surface area contributed by atoms with Gasteiger partial charge in [-0.1, -0.05) is 21.6 Å². The molecule has 3 N–H and O–H groups in total. The summed E-state index contributed by atoms with van der Waals surface area (Å²) in [5.74, 6) is 1.87. The first kappa shape index (κ1) is 24.0. The summed E-state index contributed by atoms with van der Waals surface area (Å²) in [5, 5.41) is 9.39. The Kier molecular flexibility index (Phi) is 11.1. The standard InChI is InChI=1S/C17H26N4O3S2.ClH/c1-12(16(5-6-22)26-25-10-15-4-3-7-24-15)21(11-23)9-14-8-19-13(2)20-17(14)18;/h8,11,15,22H,3-7,9-10H2,1-2H3,(H2,18,19,20);1H/b16-12-;. The SMILES string of the molecule is C/C(=C(\CCO)SSCC1CCCO1)N(C=O)Cc1cnc(C)nc1N.Cl. The van der Waals surface area contributed by atoms with E-state index in [0.29, 0.717) is 36.3 Å². The molecule has 0 radical (unpaired) electrons. The summed E-state index contributed by atoms with van der Waals surface area (Å²) in [7, 11) is 3.29. The van der Waals surface area contributed by atoms with E-state index in [2.05, 4.69) is 9.97 Å². The van der Waals surface area contributed by atoms with Crippen LogP contribution in [0.25, 0.3) is 0 Å². The second-order valence-corrected chi connectivity index (χ2v) is 8.48. The van der Waals surface area contributed by atoms with Crippen LogP contribution in [-0.4, -0.2) is 51.5 Å². The summed E-state index contributed by atoms with van der Waals surface area (Å²) in [4.78, 5) is 22.5. The van der Waals surface area contributed by atoms with Crippen LogP contribution in [0.3, 0.4) is 0 Å². The number of allylic oxidation sites excluding steroid dienone is 1. The number of aliphatic hydroxyl groups excluding tert-OH is 1. The number of rotatable bonds is 10. The zero-order chi connectivity index (χ0) is 18.9. The van der Waals surface area contributed by atoms with Gasteiger partial charge in [0.05, 0.1) is 12.6 Å². The highest BCUT2D eigenvalue weighted by Gasteiger charge is 2.18. The summed E-state index contributed by atoms with van der Waals surface area (Å²) in [6.07, 6.45) is 5.43. The predicted octanol–water partition coefficient (Wildman–Crippen LogP) is 2.92. The van der Waals surface area contributed by atoms with Crippen molar-refractivity contribution in [1.29, 1.82) is 0 Å². The molecule has 152 valence electrons. The maximum absolute atomic E-state index is 11.6. The molecule has 0 spiro atoms. The van der Waals surface area contributed by atoms with Crippen molar-refractivity contribution in [1.82, 2.24) is 14.9 Å². The molecule has 0 saturated carbocycles. The smallest absolute Gasteiger partial charge is 0.214 e. The monoisotopic (exact) mass is 434 g/mol. The molecule has 2 heterocycles. The summed E-state index contributed by atoms with van der Waals surface area (Å²) in [6.45, 7) is 4.82. The second-order valence-electron chi connectivity index (χ2n) is 6.05. The number of hydrogen-bond acceptors (Lipinski definition) is 8. The number of nitrogens with two attached hydrogens (primary N) is 1. The Morgan fingerprint density at radius 2 is 2.33 bits per heavy atom. The number of ether oxygens (including phenoxy) is 1. The van der Waals surface area contributed by atoms with Crippen molar-refractivity contribution < 1.29 is 14.6 Å². The molecule has 10 heteroatoms. The van der Waals surface area contributed by atoms with E-state index in [1.165, 1.54) is 0 Å². The van der Waals surface area contributed by atoms with Gasteiger partial charge in [-0.2, -0.15) is 0 Å². The number of amides is 1. The summed E-state index contributed by atoms with van der Waals surface area (Å²) in [6, 6.07) is 0. The molecular weight excluding hydrogens is 408 g/mol. The van der Waals surface area contributed by atoms with E-state index in [9.17, 15) is 9.90 Å². The van der Waals surface area contributed by atoms with Crippen LogP contribution in [0.5, 0.6) is 0 Å². The minimum Gasteiger partial charge on any atom is -0.396 e. The number of aliphatic hydroxyl groups is 1. The molecule has 0 bridgehead atoms. The molecule has 1 saturated heterocycles. The molecule has 1 unspecified atom stereocenters. The first-order valence-corrected chi connectivity index (χ1v) is 10.9. The van der Waals surface area contributed by atoms with Crippen molar-refractivity contribution in [3.8, 4) is 0 Å². The van der Waals surface area contributed by atoms with Crippen LogP contribution < -0.4 is 5.73 Å². The number of carbonyl (C=O) groups is 1. The maximum Gasteiger partial charge on any atom is 0.214 e. The number of carbonyl (C=O) groups excluding carboxylic acids is 1. The molecule has 1 aromatic rings. The van der Waals surface area contributed by atoms with Crippen molar-refractivity contribution in [2.75, 3.05) is 24.7 Å². The third-order valence-corrected chi connectivity index (χ3v) is 6.79. The molecule has 1 aromatic heterocycles. The lowest BCUT2D eigenvalue weighted by atomic mass is 10.2. The number of anilines is 1. The first-order chi connectivity index (χ1) is 12.5. The van der Waals surface area contributed by atoms with E-state index in [1.54, 1.807) is 39.6 Å². The van der Waals surface area contributed by atoms with Crippen LogP contribution in [0.2, 0.25) is 0 Å². The van der Waals surface area contributed by atoms with E-state index in [1.807, 2.05) is 6.92 Å². The minimum atomic E-state index is 0. The second kappa shape index (κ2) is 12.5. The van der Waals surface area contributed by atoms with Crippen LogP contribution in [0.15, 0.2) is 16.8 Å². The van der Waals surface area contributed by atoms with Gasteiger partial charge < -0.3 is 20.5 Å². The van der Waals surface area contributed by atoms with Gasteiger partial charge in [-0.05, 0) is 26.7 Å². The fourth-order valence-corrected chi connectivity index (χ4v) is 5.29. The first-order valence-electron chi connectivity index (χ1n) is 8.56. The average Bonchev–Trinajstić information content (AvgIpc) is 3.13. The molecule has 1 atom stereocenters. The number of halogens is 1. The lowest BCUT2D eigenvalue weighted by molar-refractivity contribution is -0.116. The fraction of sp³-hybridized carbons (Fsp3) is 0.588. The Bertz CT molecular complexity index is 643. The largest absolute Gasteiger partial charge is 0.396 e. The molecule has 1 amide bonds. The van der Waals surface area contributed by atoms with Crippen LogP contribution in [0, 0.1) is 6.92 Å². The highest BCUT2D eigenvalue weighted by atomic mass is 35.5. The summed E-state index contributed by atoms with van der Waals surface area (Å²) >= 11 is 0. The van der Waals surface area contributed by atoms with Gasteiger partial charge in [0.15, 0.2) is 0 Å². The third-order valence-electron chi connectivity index (χ3n) is 4.10.